The molecule has 2 aromatic rings. The minimum absolute atomic E-state index is 0.114. The molecule has 12 heteroatoms. The van der Waals surface area contributed by atoms with Crippen LogP contribution in [0.2, 0.25) is 0 Å². The number of methoxy groups -OCH3 is 2. The van der Waals surface area contributed by atoms with E-state index in [4.69, 9.17) is 23.7 Å². The van der Waals surface area contributed by atoms with Gasteiger partial charge in [-0.05, 0) is 62.7 Å². The van der Waals surface area contributed by atoms with Crippen LogP contribution < -0.4 is 14.2 Å². The number of rotatable bonds is 14. The van der Waals surface area contributed by atoms with Crippen molar-refractivity contribution in [1.29, 1.82) is 0 Å². The van der Waals surface area contributed by atoms with Gasteiger partial charge in [0.1, 0.15) is 18.1 Å². The van der Waals surface area contributed by atoms with Crippen molar-refractivity contribution in [3.8, 4) is 17.2 Å². The van der Waals surface area contributed by atoms with Gasteiger partial charge >= 0.3 is 12.3 Å². The quantitative estimate of drug-likeness (QED) is 0.230. The molecule has 0 bridgehead atoms. The maximum atomic E-state index is 13.0. The number of ether oxygens (including phenoxy) is 5. The van der Waals surface area contributed by atoms with E-state index in [0.717, 1.165) is 12.1 Å². The second-order valence-corrected chi connectivity index (χ2v) is 10.3. The van der Waals surface area contributed by atoms with E-state index in [1.807, 2.05) is 18.7 Å². The number of carbonyl (C=O) groups excluding carboxylic acids is 1. The summed E-state index contributed by atoms with van der Waals surface area (Å²) in [5.41, 5.74) is -0.187. The first-order chi connectivity index (χ1) is 20.0. The first-order valence-corrected chi connectivity index (χ1v) is 14.0. The lowest BCUT2D eigenvalue weighted by Gasteiger charge is -2.35. The molecule has 1 aliphatic heterocycles. The Labute approximate surface area is 245 Å². The highest BCUT2D eigenvalue weighted by molar-refractivity contribution is 5.68. The van der Waals surface area contributed by atoms with Crippen LogP contribution in [0.15, 0.2) is 42.5 Å². The van der Waals surface area contributed by atoms with Crippen molar-refractivity contribution in [3.63, 3.8) is 0 Å². The fourth-order valence-corrected chi connectivity index (χ4v) is 4.82. The minimum atomic E-state index is -4.46. The van der Waals surface area contributed by atoms with Crippen molar-refractivity contribution < 1.29 is 46.8 Å². The molecule has 1 saturated heterocycles. The number of hydrogen-bond acceptors (Lipinski definition) is 8. The molecule has 234 valence electrons. The van der Waals surface area contributed by atoms with Crippen molar-refractivity contribution in [2.75, 3.05) is 53.7 Å². The molecule has 2 aromatic carbocycles. The molecular weight excluding hydrogens is 557 g/mol. The van der Waals surface area contributed by atoms with E-state index in [0.29, 0.717) is 43.2 Å². The molecule has 1 aliphatic rings. The van der Waals surface area contributed by atoms with Gasteiger partial charge in [-0.3, -0.25) is 4.90 Å². The van der Waals surface area contributed by atoms with Gasteiger partial charge in [-0.1, -0.05) is 6.07 Å². The summed E-state index contributed by atoms with van der Waals surface area (Å²) in [5.74, 6) is 1.000. The molecule has 1 N–H and O–H groups in total. The smallest absolute Gasteiger partial charge is 0.416 e. The molecule has 3 rings (SSSR count). The molecule has 1 fully saturated rings. The van der Waals surface area contributed by atoms with Gasteiger partial charge in [0.05, 0.1) is 32.4 Å². The lowest BCUT2D eigenvalue weighted by molar-refractivity contribution is -0.137. The highest BCUT2D eigenvalue weighted by atomic mass is 19.4. The Morgan fingerprint density at radius 2 is 1.79 bits per heavy atom. The predicted molar refractivity (Wildman–Crippen MR) is 150 cm³/mol. The van der Waals surface area contributed by atoms with Crippen LogP contribution in [0, 0.1) is 5.92 Å². The third-order valence-corrected chi connectivity index (χ3v) is 7.04. The van der Waals surface area contributed by atoms with Crippen LogP contribution in [0.25, 0.3) is 0 Å². The summed E-state index contributed by atoms with van der Waals surface area (Å²) >= 11 is 0. The van der Waals surface area contributed by atoms with Gasteiger partial charge in [0, 0.05) is 45.2 Å². The molecule has 42 heavy (non-hydrogen) atoms. The monoisotopic (exact) mass is 598 g/mol. The molecule has 3 atom stereocenters. The van der Waals surface area contributed by atoms with Crippen LogP contribution in [-0.2, 0) is 15.7 Å². The average molecular weight is 599 g/mol. The van der Waals surface area contributed by atoms with Crippen molar-refractivity contribution in [1.82, 2.24) is 9.80 Å². The summed E-state index contributed by atoms with van der Waals surface area (Å²) in [4.78, 5) is 16.0. The van der Waals surface area contributed by atoms with E-state index in [9.17, 15) is 23.1 Å². The first kappa shape index (κ1) is 33.3. The minimum Gasteiger partial charge on any atom is -0.493 e. The summed E-state index contributed by atoms with van der Waals surface area (Å²) in [6.45, 7) is 7.56. The number of nitrogens with zero attached hydrogens (tertiary/aromatic N) is 2. The molecule has 0 saturated carbocycles. The lowest BCUT2D eigenvalue weighted by Crippen LogP contribution is -2.42. The fraction of sp³-hybridized carbons (Fsp3) is 0.567. The van der Waals surface area contributed by atoms with Crippen molar-refractivity contribution >= 4 is 6.09 Å². The van der Waals surface area contributed by atoms with Crippen LogP contribution in [0.4, 0.5) is 18.0 Å². The highest BCUT2D eigenvalue weighted by Crippen LogP contribution is 2.35. The number of benzene rings is 2. The van der Waals surface area contributed by atoms with E-state index < -0.39 is 30.2 Å². The number of amides is 1. The molecule has 1 amide bonds. The zero-order valence-electron chi connectivity index (χ0n) is 24.7. The van der Waals surface area contributed by atoms with Crippen molar-refractivity contribution in [3.05, 3.63) is 53.6 Å². The summed E-state index contributed by atoms with van der Waals surface area (Å²) in [6.07, 6.45) is -5.85. The maximum absolute atomic E-state index is 13.0. The molecule has 0 aromatic heterocycles. The number of alkyl halides is 3. The normalized spacial score (nSPS) is 17.9. The molecule has 2 unspecified atom stereocenters. The topological polar surface area (TPSA) is 89.9 Å². The predicted octanol–water partition coefficient (Wildman–Crippen LogP) is 5.37. The van der Waals surface area contributed by atoms with Crippen LogP contribution in [-0.4, -0.2) is 86.8 Å². The van der Waals surface area contributed by atoms with Gasteiger partial charge in [-0.15, -0.1) is 0 Å². The summed E-state index contributed by atoms with van der Waals surface area (Å²) in [7, 11) is 3.16. The maximum Gasteiger partial charge on any atom is 0.416 e. The van der Waals surface area contributed by atoms with Crippen LogP contribution in [0.3, 0.4) is 0 Å². The highest BCUT2D eigenvalue weighted by Gasteiger charge is 2.40. The van der Waals surface area contributed by atoms with Gasteiger partial charge in [-0.25, -0.2) is 4.79 Å². The number of likely N-dealkylation sites (tertiary alicyclic amines) is 1. The van der Waals surface area contributed by atoms with E-state index in [1.165, 1.54) is 17.0 Å². The molecular formula is C30H41F3N2O7. The first-order valence-electron chi connectivity index (χ1n) is 14.0. The summed E-state index contributed by atoms with van der Waals surface area (Å²) in [5, 5.41) is 11.5. The van der Waals surface area contributed by atoms with Crippen LogP contribution in [0.1, 0.15) is 44.5 Å². The zero-order chi connectivity index (χ0) is 30.9. The second kappa shape index (κ2) is 15.3. The molecule has 0 aliphatic carbocycles. The summed E-state index contributed by atoms with van der Waals surface area (Å²) < 4.78 is 66.8. The number of carbonyl (C=O) groups is 1. The third kappa shape index (κ3) is 8.89. The van der Waals surface area contributed by atoms with Crippen LogP contribution in [0.5, 0.6) is 17.2 Å². The van der Waals surface area contributed by atoms with E-state index in [1.54, 1.807) is 39.3 Å². The Morgan fingerprint density at radius 1 is 1.07 bits per heavy atom. The largest absolute Gasteiger partial charge is 0.493 e. The number of hydrogen-bond donors (Lipinski definition) is 1. The summed E-state index contributed by atoms with van der Waals surface area (Å²) in [6, 6.07) is 9.59. The standard InChI is InChI=1S/C30H41F3N2O7/c1-6-40-29(37)34-17-22(27(19-34)42-24-11-9-23(10-12-24)30(31,32)33)18-35(20(2)3)28(36)21-8-13-25(39-5)26(16-21)41-15-7-14-38-4/h8-13,16,20,22,27-28,36H,6-7,14-15,17-19H2,1-5H3/t22-,27?,28?/m0/s1. The lowest BCUT2D eigenvalue weighted by atomic mass is 10.0. The molecule has 0 spiro atoms. The number of halogens is 3. The van der Waals surface area contributed by atoms with Gasteiger partial charge < -0.3 is 33.7 Å². The van der Waals surface area contributed by atoms with Gasteiger partial charge in [0.25, 0.3) is 0 Å². The fourth-order valence-electron chi connectivity index (χ4n) is 4.82. The van der Waals surface area contributed by atoms with E-state index in [-0.39, 0.29) is 37.4 Å². The van der Waals surface area contributed by atoms with Crippen LogP contribution >= 0.6 is 0 Å². The Balaban J connectivity index is 1.82. The molecule has 1 heterocycles. The molecule has 9 nitrogen and oxygen atoms in total. The van der Waals surface area contributed by atoms with Crippen molar-refractivity contribution in [2.24, 2.45) is 5.92 Å². The Bertz CT molecular complexity index is 1130. The Kier molecular flexibility index (Phi) is 12.1. The Morgan fingerprint density at radius 3 is 2.38 bits per heavy atom. The Hall–Kier alpha value is -3.22. The second-order valence-electron chi connectivity index (χ2n) is 10.3. The van der Waals surface area contributed by atoms with Gasteiger partial charge in [-0.2, -0.15) is 13.2 Å². The number of aliphatic hydroxyl groups excluding tert-OH is 1. The number of aliphatic hydroxyl groups is 1. The average Bonchev–Trinajstić information content (AvgIpc) is 3.35. The van der Waals surface area contributed by atoms with E-state index >= 15 is 0 Å². The van der Waals surface area contributed by atoms with Gasteiger partial charge in [0.15, 0.2) is 11.5 Å². The van der Waals surface area contributed by atoms with Crippen molar-refractivity contribution in [2.45, 2.75) is 51.7 Å². The van der Waals surface area contributed by atoms with Gasteiger partial charge in [0.2, 0.25) is 0 Å². The van der Waals surface area contributed by atoms with E-state index in [2.05, 4.69) is 0 Å². The SMILES string of the molecule is CCOC(=O)N1CC(Oc2ccc(C(F)(F)F)cc2)[C@H](CN(C(C)C)C(O)c2ccc(OC)c(OCCCOC)c2)C1. The molecule has 0 radical (unpaired) electrons. The zero-order valence-corrected chi connectivity index (χ0v) is 24.7. The third-order valence-electron chi connectivity index (χ3n) is 7.04.